The van der Waals surface area contributed by atoms with E-state index in [1.54, 1.807) is 10.6 Å². The van der Waals surface area contributed by atoms with Gasteiger partial charge in [-0.15, -0.1) is 5.10 Å². The van der Waals surface area contributed by atoms with Crippen LogP contribution in [0, 0.1) is 19.7 Å². The van der Waals surface area contributed by atoms with Crippen LogP contribution in [0.2, 0.25) is 0 Å². The number of rotatable bonds is 7. The number of carbonyl (C=O) groups excluding carboxylic acids is 1. The average Bonchev–Trinajstić information content (AvgIpc) is 3.55. The molecule has 8 heteroatoms. The van der Waals surface area contributed by atoms with E-state index in [2.05, 4.69) is 15.1 Å². The summed E-state index contributed by atoms with van der Waals surface area (Å²) in [5.74, 6) is 0.839. The number of carbonyl (C=O) groups is 1. The van der Waals surface area contributed by atoms with E-state index in [0.717, 1.165) is 35.4 Å². The van der Waals surface area contributed by atoms with Gasteiger partial charge in [0.1, 0.15) is 5.82 Å². The fourth-order valence-corrected chi connectivity index (χ4v) is 4.77. The van der Waals surface area contributed by atoms with Gasteiger partial charge in [-0.05, 0) is 62.1 Å². The highest BCUT2D eigenvalue weighted by Crippen LogP contribution is 2.31. The van der Waals surface area contributed by atoms with Crippen LogP contribution in [0.4, 0.5) is 4.39 Å². The van der Waals surface area contributed by atoms with Crippen molar-refractivity contribution in [3.63, 3.8) is 0 Å². The smallest absolute Gasteiger partial charge is 0.254 e. The van der Waals surface area contributed by atoms with Crippen LogP contribution >= 0.6 is 11.8 Å². The standard InChI is InChI=1S/C25H24FN5OS/c1-16-12-17(2)31-24(27-16)28-25(29-31)33-15-19-7-3-4-9-22(19)23(32)30(21-10-11-21)14-18-6-5-8-20(26)13-18/h3-9,12-13,21H,10-11,14-15H2,1-2H3. The minimum Gasteiger partial charge on any atom is -0.331 e. The third-order valence-electron chi connectivity index (χ3n) is 5.69. The number of amides is 1. The molecule has 0 unspecified atom stereocenters. The zero-order valence-electron chi connectivity index (χ0n) is 18.5. The van der Waals surface area contributed by atoms with Gasteiger partial charge in [0.15, 0.2) is 0 Å². The molecule has 0 spiro atoms. The van der Waals surface area contributed by atoms with Crippen LogP contribution in [-0.4, -0.2) is 36.4 Å². The zero-order valence-corrected chi connectivity index (χ0v) is 19.3. The van der Waals surface area contributed by atoms with Crippen molar-refractivity contribution in [2.75, 3.05) is 0 Å². The van der Waals surface area contributed by atoms with Crippen molar-refractivity contribution in [3.8, 4) is 0 Å². The molecule has 4 aromatic rings. The third kappa shape index (κ3) is 4.75. The summed E-state index contributed by atoms with van der Waals surface area (Å²) in [6.45, 7) is 4.32. The molecular formula is C25H24FN5OS. The molecule has 1 aliphatic rings. The van der Waals surface area contributed by atoms with E-state index in [4.69, 9.17) is 0 Å². The molecule has 0 bridgehead atoms. The first-order chi connectivity index (χ1) is 16.0. The topological polar surface area (TPSA) is 63.4 Å². The van der Waals surface area contributed by atoms with Gasteiger partial charge in [-0.25, -0.2) is 13.9 Å². The van der Waals surface area contributed by atoms with Crippen molar-refractivity contribution in [1.82, 2.24) is 24.5 Å². The lowest BCUT2D eigenvalue weighted by molar-refractivity contribution is 0.0729. The molecule has 1 fully saturated rings. The molecule has 1 saturated carbocycles. The molecule has 5 rings (SSSR count). The van der Waals surface area contributed by atoms with Crippen molar-refractivity contribution in [3.05, 3.63) is 88.5 Å². The predicted molar refractivity (Wildman–Crippen MR) is 126 cm³/mol. The number of benzene rings is 2. The fourth-order valence-electron chi connectivity index (χ4n) is 3.95. The summed E-state index contributed by atoms with van der Waals surface area (Å²) in [4.78, 5) is 24.4. The molecule has 1 amide bonds. The van der Waals surface area contributed by atoms with Gasteiger partial charge in [0.2, 0.25) is 5.16 Å². The maximum atomic E-state index is 13.7. The van der Waals surface area contributed by atoms with Gasteiger partial charge in [-0.1, -0.05) is 42.1 Å². The zero-order chi connectivity index (χ0) is 22.9. The number of aromatic nitrogens is 4. The van der Waals surface area contributed by atoms with Crippen molar-refractivity contribution in [2.45, 2.75) is 50.2 Å². The lowest BCUT2D eigenvalue weighted by Crippen LogP contribution is -2.33. The second kappa shape index (κ2) is 8.94. The SMILES string of the molecule is Cc1cc(C)n2nc(SCc3ccccc3C(=O)N(Cc3cccc(F)c3)C3CC3)nc2n1. The third-order valence-corrected chi connectivity index (χ3v) is 6.58. The Balaban J connectivity index is 1.36. The maximum Gasteiger partial charge on any atom is 0.254 e. The molecule has 2 aromatic carbocycles. The van der Waals surface area contributed by atoms with E-state index in [9.17, 15) is 9.18 Å². The Labute approximate surface area is 195 Å². The van der Waals surface area contributed by atoms with Crippen LogP contribution in [0.15, 0.2) is 59.8 Å². The van der Waals surface area contributed by atoms with Crippen LogP contribution in [-0.2, 0) is 12.3 Å². The Morgan fingerprint density at radius 1 is 1.12 bits per heavy atom. The number of fused-ring (bicyclic) bond motifs is 1. The van der Waals surface area contributed by atoms with E-state index in [0.29, 0.717) is 28.8 Å². The highest BCUT2D eigenvalue weighted by Gasteiger charge is 2.33. The van der Waals surface area contributed by atoms with E-state index < -0.39 is 0 Å². The van der Waals surface area contributed by atoms with Crippen molar-refractivity contribution in [2.24, 2.45) is 0 Å². The Morgan fingerprint density at radius 3 is 2.73 bits per heavy atom. The number of hydrogen-bond donors (Lipinski definition) is 0. The van der Waals surface area contributed by atoms with Crippen LogP contribution in [0.1, 0.15) is 45.7 Å². The molecule has 0 N–H and O–H groups in total. The lowest BCUT2D eigenvalue weighted by Gasteiger charge is -2.24. The minimum atomic E-state index is -0.285. The molecule has 6 nitrogen and oxygen atoms in total. The molecule has 0 radical (unpaired) electrons. The van der Waals surface area contributed by atoms with Crippen LogP contribution in [0.25, 0.3) is 5.78 Å². The Hall–Kier alpha value is -3.26. The Kier molecular flexibility index (Phi) is 5.85. The second-order valence-corrected chi connectivity index (χ2v) is 9.33. The van der Waals surface area contributed by atoms with Gasteiger partial charge in [0.05, 0.1) is 0 Å². The van der Waals surface area contributed by atoms with Crippen LogP contribution in [0.5, 0.6) is 0 Å². The number of nitrogens with zero attached hydrogens (tertiary/aromatic N) is 5. The van der Waals surface area contributed by atoms with Crippen LogP contribution < -0.4 is 0 Å². The van der Waals surface area contributed by atoms with E-state index in [1.807, 2.05) is 55.1 Å². The Bertz CT molecular complexity index is 1330. The molecule has 0 aliphatic heterocycles. The number of halogens is 1. The summed E-state index contributed by atoms with van der Waals surface area (Å²) in [6, 6.07) is 16.3. The molecule has 0 saturated heterocycles. The molecule has 168 valence electrons. The van der Waals surface area contributed by atoms with Gasteiger partial charge < -0.3 is 4.90 Å². The highest BCUT2D eigenvalue weighted by molar-refractivity contribution is 7.98. The van der Waals surface area contributed by atoms with Gasteiger partial charge in [0, 0.05) is 35.3 Å². The molecule has 1 aliphatic carbocycles. The molecule has 2 heterocycles. The largest absolute Gasteiger partial charge is 0.331 e. The summed E-state index contributed by atoms with van der Waals surface area (Å²) in [5, 5.41) is 5.18. The summed E-state index contributed by atoms with van der Waals surface area (Å²) in [5.41, 5.74) is 4.27. The highest BCUT2D eigenvalue weighted by atomic mass is 32.2. The van der Waals surface area contributed by atoms with Crippen molar-refractivity contribution >= 4 is 23.4 Å². The summed E-state index contributed by atoms with van der Waals surface area (Å²) >= 11 is 1.48. The molecular weight excluding hydrogens is 437 g/mol. The lowest BCUT2D eigenvalue weighted by atomic mass is 10.1. The average molecular weight is 462 g/mol. The summed E-state index contributed by atoms with van der Waals surface area (Å²) < 4.78 is 15.4. The first kappa shape index (κ1) is 21.6. The molecule has 2 aromatic heterocycles. The van der Waals surface area contributed by atoms with Gasteiger partial charge in [-0.3, -0.25) is 4.79 Å². The van der Waals surface area contributed by atoms with E-state index >= 15 is 0 Å². The summed E-state index contributed by atoms with van der Waals surface area (Å²) in [7, 11) is 0. The van der Waals surface area contributed by atoms with Crippen LogP contribution in [0.3, 0.4) is 0 Å². The monoisotopic (exact) mass is 461 g/mol. The van der Waals surface area contributed by atoms with Gasteiger partial charge in [0.25, 0.3) is 11.7 Å². The first-order valence-electron chi connectivity index (χ1n) is 10.9. The van der Waals surface area contributed by atoms with E-state index in [1.165, 1.54) is 23.9 Å². The van der Waals surface area contributed by atoms with Gasteiger partial charge >= 0.3 is 0 Å². The number of thioether (sulfide) groups is 1. The second-order valence-electron chi connectivity index (χ2n) is 8.39. The van der Waals surface area contributed by atoms with E-state index in [-0.39, 0.29) is 17.8 Å². The maximum absolute atomic E-state index is 13.7. The minimum absolute atomic E-state index is 0.0194. The predicted octanol–water partition coefficient (Wildman–Crippen LogP) is 4.98. The van der Waals surface area contributed by atoms with Crippen molar-refractivity contribution < 1.29 is 9.18 Å². The molecule has 33 heavy (non-hydrogen) atoms. The summed E-state index contributed by atoms with van der Waals surface area (Å²) in [6.07, 6.45) is 1.96. The normalized spacial score (nSPS) is 13.4. The number of hydrogen-bond acceptors (Lipinski definition) is 5. The Morgan fingerprint density at radius 2 is 1.94 bits per heavy atom. The fraction of sp³-hybridized carbons (Fsp3) is 0.280. The number of aryl methyl sites for hydroxylation is 2. The first-order valence-corrected chi connectivity index (χ1v) is 11.9. The van der Waals surface area contributed by atoms with Gasteiger partial charge in [-0.2, -0.15) is 4.98 Å². The quantitative estimate of drug-likeness (QED) is 0.363. The molecule has 0 atom stereocenters. The van der Waals surface area contributed by atoms with Crippen molar-refractivity contribution in [1.29, 1.82) is 0 Å².